The molecule has 3 aromatic rings. The SMILES string of the molecule is C[C@@H](NC(=O)[C@H](CCCCNC(=O)OCc1ccccc1)NC(=O)OC(C)(C)C)C(=O)N[C@@H](COCc1ccccc1)C(=O)N[C@H](C)C(=O)OCc1ccccc1. The van der Waals surface area contributed by atoms with E-state index in [9.17, 15) is 28.8 Å². The summed E-state index contributed by atoms with van der Waals surface area (Å²) in [6.07, 6.45) is -0.411. The van der Waals surface area contributed by atoms with Crippen molar-refractivity contribution in [1.82, 2.24) is 26.6 Å². The second-order valence-electron chi connectivity index (χ2n) is 14.3. The Morgan fingerprint density at radius 2 is 1.07 bits per heavy atom. The van der Waals surface area contributed by atoms with E-state index < -0.39 is 65.6 Å². The zero-order chi connectivity index (χ0) is 41.6. The van der Waals surface area contributed by atoms with E-state index in [-0.39, 0.29) is 39.4 Å². The smallest absolute Gasteiger partial charge is 0.408 e. The topological polar surface area (TPSA) is 199 Å². The number of esters is 1. The third-order valence-electron chi connectivity index (χ3n) is 8.13. The molecule has 0 fully saturated rings. The predicted molar refractivity (Wildman–Crippen MR) is 211 cm³/mol. The van der Waals surface area contributed by atoms with Crippen LogP contribution in [-0.2, 0) is 57.9 Å². The maximum atomic E-state index is 13.5. The molecule has 5 N–H and O–H groups in total. The van der Waals surface area contributed by atoms with Crippen LogP contribution in [-0.4, -0.2) is 78.8 Å². The fraction of sp³-hybridized carbons (Fsp3) is 0.429. The molecule has 15 heteroatoms. The van der Waals surface area contributed by atoms with Crippen LogP contribution in [0.4, 0.5) is 9.59 Å². The molecule has 0 aromatic heterocycles. The summed E-state index contributed by atoms with van der Waals surface area (Å²) in [6.45, 7) is 8.21. The molecule has 5 amide bonds. The number of hydrogen-bond acceptors (Lipinski definition) is 10. The average Bonchev–Trinajstić information content (AvgIpc) is 3.18. The number of rotatable bonds is 21. The quantitative estimate of drug-likeness (QED) is 0.0585. The van der Waals surface area contributed by atoms with Gasteiger partial charge in [0.2, 0.25) is 17.7 Å². The third-order valence-corrected chi connectivity index (χ3v) is 8.13. The van der Waals surface area contributed by atoms with Crippen LogP contribution in [0.5, 0.6) is 0 Å². The number of hydrogen-bond donors (Lipinski definition) is 5. The Bertz CT molecular complexity index is 1720. The minimum absolute atomic E-state index is 0.0158. The number of nitrogens with one attached hydrogen (secondary N) is 5. The van der Waals surface area contributed by atoms with Gasteiger partial charge in [0.15, 0.2) is 0 Å². The minimum atomic E-state index is -1.26. The average molecular weight is 790 g/mol. The van der Waals surface area contributed by atoms with E-state index in [1.807, 2.05) is 78.9 Å². The van der Waals surface area contributed by atoms with Crippen molar-refractivity contribution < 1.29 is 47.7 Å². The number of unbranched alkanes of at least 4 members (excludes halogenated alkanes) is 1. The molecule has 0 saturated carbocycles. The van der Waals surface area contributed by atoms with Gasteiger partial charge >= 0.3 is 18.2 Å². The zero-order valence-electron chi connectivity index (χ0n) is 33.2. The van der Waals surface area contributed by atoms with Crippen molar-refractivity contribution in [1.29, 1.82) is 0 Å². The molecule has 3 rings (SSSR count). The first kappa shape index (κ1) is 45.4. The van der Waals surface area contributed by atoms with Gasteiger partial charge in [0, 0.05) is 6.54 Å². The van der Waals surface area contributed by atoms with Crippen LogP contribution in [0.1, 0.15) is 70.6 Å². The van der Waals surface area contributed by atoms with Crippen LogP contribution >= 0.6 is 0 Å². The summed E-state index contributed by atoms with van der Waals surface area (Å²) in [7, 11) is 0. The van der Waals surface area contributed by atoms with Crippen molar-refractivity contribution in [3.63, 3.8) is 0 Å². The first-order chi connectivity index (χ1) is 27.2. The van der Waals surface area contributed by atoms with Crippen LogP contribution < -0.4 is 26.6 Å². The van der Waals surface area contributed by atoms with Gasteiger partial charge in [-0.15, -0.1) is 0 Å². The van der Waals surface area contributed by atoms with E-state index in [4.69, 9.17) is 18.9 Å². The number of amides is 5. The predicted octanol–water partition coefficient (Wildman–Crippen LogP) is 4.43. The molecule has 308 valence electrons. The molecule has 0 aliphatic heterocycles. The van der Waals surface area contributed by atoms with E-state index in [1.54, 1.807) is 32.9 Å². The molecule has 15 nitrogen and oxygen atoms in total. The first-order valence-corrected chi connectivity index (χ1v) is 18.9. The van der Waals surface area contributed by atoms with Gasteiger partial charge < -0.3 is 45.5 Å². The van der Waals surface area contributed by atoms with E-state index in [1.165, 1.54) is 13.8 Å². The lowest BCUT2D eigenvalue weighted by Crippen LogP contribution is -2.58. The van der Waals surface area contributed by atoms with Crippen LogP contribution in [0, 0.1) is 0 Å². The molecule has 4 atom stereocenters. The molecule has 0 spiro atoms. The Balaban J connectivity index is 1.58. The summed E-state index contributed by atoms with van der Waals surface area (Å²) in [5.41, 5.74) is 1.62. The Morgan fingerprint density at radius 1 is 0.561 bits per heavy atom. The number of carbonyl (C=O) groups is 6. The van der Waals surface area contributed by atoms with Gasteiger partial charge in [-0.05, 0) is 70.6 Å². The lowest BCUT2D eigenvalue weighted by molar-refractivity contribution is -0.149. The van der Waals surface area contributed by atoms with Crippen molar-refractivity contribution in [2.45, 2.75) is 103 Å². The van der Waals surface area contributed by atoms with Crippen molar-refractivity contribution in [2.24, 2.45) is 0 Å². The third kappa shape index (κ3) is 18.5. The molecular formula is C42H55N5O10. The molecule has 0 unspecified atom stereocenters. The second kappa shape index (κ2) is 23.8. The Hall–Kier alpha value is -5.96. The molecule has 0 radical (unpaired) electrons. The van der Waals surface area contributed by atoms with Crippen LogP contribution in [0.25, 0.3) is 0 Å². The van der Waals surface area contributed by atoms with E-state index in [0.717, 1.165) is 16.7 Å². The normalized spacial score (nSPS) is 13.1. The van der Waals surface area contributed by atoms with Gasteiger partial charge in [-0.1, -0.05) is 91.0 Å². The van der Waals surface area contributed by atoms with E-state index in [0.29, 0.717) is 12.8 Å². The standard InChI is InChI=1S/C42H55N5O10/c1-29(44-37(49)34(47-41(53)57-42(3,4)5)23-15-16-24-43-40(52)56-27-33-21-13-8-14-22-33)36(48)46-35(28-54-25-31-17-9-6-10-18-31)38(50)45-30(2)39(51)55-26-32-19-11-7-12-20-32/h6-14,17-22,29-30,34-35H,15-16,23-28H2,1-5H3,(H,43,52)(H,44,49)(H,45,50)(H,46,48)(H,47,53)/t29-,30-,34+,35+/m1/s1. The summed E-state index contributed by atoms with van der Waals surface area (Å²) < 4.78 is 21.7. The molecule has 0 saturated heterocycles. The fourth-order valence-electron chi connectivity index (χ4n) is 5.11. The first-order valence-electron chi connectivity index (χ1n) is 18.9. The van der Waals surface area contributed by atoms with Gasteiger partial charge in [-0.25, -0.2) is 14.4 Å². The van der Waals surface area contributed by atoms with Crippen LogP contribution in [0.15, 0.2) is 91.0 Å². The minimum Gasteiger partial charge on any atom is -0.459 e. The number of benzene rings is 3. The van der Waals surface area contributed by atoms with E-state index >= 15 is 0 Å². The number of alkyl carbamates (subject to hydrolysis) is 2. The Labute approximate surface area is 333 Å². The second-order valence-corrected chi connectivity index (χ2v) is 14.3. The highest BCUT2D eigenvalue weighted by Gasteiger charge is 2.30. The van der Waals surface area contributed by atoms with Crippen molar-refractivity contribution in [3.8, 4) is 0 Å². The van der Waals surface area contributed by atoms with Crippen molar-refractivity contribution >= 4 is 35.9 Å². The zero-order valence-corrected chi connectivity index (χ0v) is 33.2. The van der Waals surface area contributed by atoms with Gasteiger partial charge in [-0.2, -0.15) is 0 Å². The number of ether oxygens (including phenoxy) is 4. The lowest BCUT2D eigenvalue weighted by atomic mass is 10.1. The van der Waals surface area contributed by atoms with Crippen molar-refractivity contribution in [3.05, 3.63) is 108 Å². The van der Waals surface area contributed by atoms with Gasteiger partial charge in [-0.3, -0.25) is 14.4 Å². The summed E-state index contributed by atoms with van der Waals surface area (Å²) in [4.78, 5) is 77.8. The monoisotopic (exact) mass is 789 g/mol. The summed E-state index contributed by atoms with van der Waals surface area (Å²) in [6, 6.07) is 22.9. The van der Waals surface area contributed by atoms with E-state index in [2.05, 4.69) is 26.6 Å². The molecule has 3 aromatic carbocycles. The highest BCUT2D eigenvalue weighted by atomic mass is 16.6. The number of carbonyl (C=O) groups excluding carboxylic acids is 6. The molecule has 57 heavy (non-hydrogen) atoms. The summed E-state index contributed by atoms with van der Waals surface area (Å²) >= 11 is 0. The largest absolute Gasteiger partial charge is 0.459 e. The molecule has 0 bridgehead atoms. The molecule has 0 heterocycles. The molecular weight excluding hydrogens is 734 g/mol. The molecule has 0 aliphatic rings. The summed E-state index contributed by atoms with van der Waals surface area (Å²) in [5.74, 6) is -2.78. The maximum Gasteiger partial charge on any atom is 0.408 e. The van der Waals surface area contributed by atoms with Crippen LogP contribution in [0.2, 0.25) is 0 Å². The van der Waals surface area contributed by atoms with Gasteiger partial charge in [0.05, 0.1) is 13.2 Å². The highest BCUT2D eigenvalue weighted by molar-refractivity contribution is 5.94. The Kier molecular flexibility index (Phi) is 19.0. The molecule has 0 aliphatic carbocycles. The highest BCUT2D eigenvalue weighted by Crippen LogP contribution is 2.10. The Morgan fingerprint density at radius 3 is 1.63 bits per heavy atom. The van der Waals surface area contributed by atoms with Crippen molar-refractivity contribution in [2.75, 3.05) is 13.2 Å². The lowest BCUT2D eigenvalue weighted by Gasteiger charge is -2.25. The summed E-state index contributed by atoms with van der Waals surface area (Å²) in [5, 5.41) is 13.0. The maximum absolute atomic E-state index is 13.5. The van der Waals surface area contributed by atoms with Crippen LogP contribution in [0.3, 0.4) is 0 Å². The van der Waals surface area contributed by atoms with Gasteiger partial charge in [0.25, 0.3) is 0 Å². The fourth-order valence-corrected chi connectivity index (χ4v) is 5.11. The van der Waals surface area contributed by atoms with Gasteiger partial charge in [0.1, 0.15) is 43.0 Å².